The molecule has 0 fully saturated rings. The van der Waals surface area contributed by atoms with E-state index in [2.05, 4.69) is 157 Å². The van der Waals surface area contributed by atoms with Crippen molar-refractivity contribution in [1.29, 1.82) is 0 Å². The quantitative estimate of drug-likeness (QED) is 0.162. The lowest BCUT2D eigenvalue weighted by Gasteiger charge is -2.36. The highest BCUT2D eigenvalue weighted by Crippen LogP contribution is 2.33. The van der Waals surface area contributed by atoms with Crippen LogP contribution in [0, 0.1) is 0 Å². The van der Waals surface area contributed by atoms with Gasteiger partial charge in [0.15, 0.2) is 0 Å². The number of nitrogens with zero attached hydrogens (tertiary/aromatic N) is 2. The standard InChI is InChI=1S/C25H24N2OSi.C14H13B/c1-2-18-28-23-14-9-15-24(19-23)29-25(27-17-16-26-20-27,21-10-5-3-6-11-21)22-12-7-4-8-13-22;1-2-15(13-9-5-3-6-10-13)14-11-7-4-8-12-14/h3-17,19-20H,2,18H2,1H3;2-12H,1H2. The topological polar surface area (TPSA) is 27.1 Å². The molecule has 0 unspecified atom stereocenters. The minimum atomic E-state index is -0.373. The van der Waals surface area contributed by atoms with E-state index in [0.717, 1.165) is 18.8 Å². The van der Waals surface area contributed by atoms with E-state index in [4.69, 9.17) is 4.74 Å². The number of hydrogen-bond acceptors (Lipinski definition) is 2. The van der Waals surface area contributed by atoms with Crippen molar-refractivity contribution in [2.75, 3.05) is 6.61 Å². The summed E-state index contributed by atoms with van der Waals surface area (Å²) in [5, 5.41) is 0.877. The average Bonchev–Trinajstić information content (AvgIpc) is 3.65. The highest BCUT2D eigenvalue weighted by molar-refractivity contribution is 6.89. The van der Waals surface area contributed by atoms with Crippen LogP contribution in [0.25, 0.3) is 0 Å². The van der Waals surface area contributed by atoms with Crippen molar-refractivity contribution in [3.63, 3.8) is 0 Å². The van der Waals surface area contributed by atoms with Crippen LogP contribution in [0.1, 0.15) is 24.5 Å². The van der Waals surface area contributed by atoms with Crippen molar-refractivity contribution in [2.24, 2.45) is 0 Å². The molecule has 0 aliphatic heterocycles. The van der Waals surface area contributed by atoms with Gasteiger partial charge in [-0.3, -0.25) is 0 Å². The van der Waals surface area contributed by atoms with E-state index in [1.54, 1.807) is 0 Å². The Balaban J connectivity index is 0.000000215. The molecule has 0 atom stereocenters. The maximum absolute atomic E-state index is 5.90. The Morgan fingerprint density at radius 3 is 1.77 bits per heavy atom. The van der Waals surface area contributed by atoms with Gasteiger partial charge in [-0.15, -0.1) is 12.6 Å². The zero-order valence-electron chi connectivity index (χ0n) is 25.2. The van der Waals surface area contributed by atoms with Crippen molar-refractivity contribution in [2.45, 2.75) is 18.5 Å². The third-order valence-corrected chi connectivity index (χ3v) is 9.26. The molecule has 216 valence electrons. The molecule has 3 nitrogen and oxygen atoms in total. The summed E-state index contributed by atoms with van der Waals surface area (Å²) in [5.74, 6) is 2.92. The number of hydrogen-bond donors (Lipinski definition) is 0. The average molecular weight is 589 g/mol. The Hall–Kier alpha value is -4.87. The first-order chi connectivity index (χ1) is 21.7. The molecule has 5 heteroatoms. The van der Waals surface area contributed by atoms with E-state index in [0.29, 0.717) is 16.2 Å². The second kappa shape index (κ2) is 15.6. The van der Waals surface area contributed by atoms with Crippen LogP contribution in [0.2, 0.25) is 0 Å². The predicted octanol–water partition coefficient (Wildman–Crippen LogP) is 6.47. The summed E-state index contributed by atoms with van der Waals surface area (Å²) in [7, 11) is 0.460. The Labute approximate surface area is 264 Å². The first-order valence-electron chi connectivity index (χ1n) is 15.1. The van der Waals surface area contributed by atoms with Gasteiger partial charge in [-0.2, -0.15) is 0 Å². The van der Waals surface area contributed by atoms with Crippen LogP contribution < -0.4 is 20.8 Å². The molecule has 44 heavy (non-hydrogen) atoms. The molecule has 2 radical (unpaired) electrons. The number of aromatic nitrogens is 2. The molecular weight excluding hydrogens is 551 g/mol. The monoisotopic (exact) mass is 588 g/mol. The summed E-state index contributed by atoms with van der Waals surface area (Å²) in [6, 6.07) is 50.7. The van der Waals surface area contributed by atoms with Gasteiger partial charge in [-0.25, -0.2) is 4.98 Å². The van der Waals surface area contributed by atoms with Crippen LogP contribution >= 0.6 is 0 Å². The van der Waals surface area contributed by atoms with Crippen LogP contribution in [0.15, 0.2) is 177 Å². The molecule has 0 aliphatic carbocycles. The fourth-order valence-electron chi connectivity index (χ4n) is 5.37. The zero-order valence-corrected chi connectivity index (χ0v) is 26.2. The first kappa shape index (κ1) is 30.6. The van der Waals surface area contributed by atoms with Crippen LogP contribution in [0.4, 0.5) is 0 Å². The lowest BCUT2D eigenvalue weighted by molar-refractivity contribution is 0.317. The molecule has 0 N–H and O–H groups in total. The number of benzene rings is 5. The second-order valence-corrected chi connectivity index (χ2v) is 12.0. The van der Waals surface area contributed by atoms with Crippen molar-refractivity contribution in [3.8, 4) is 5.75 Å². The highest BCUT2D eigenvalue weighted by atomic mass is 28.2. The summed E-state index contributed by atoms with van der Waals surface area (Å²) < 4.78 is 8.13. The van der Waals surface area contributed by atoms with Gasteiger partial charge in [0, 0.05) is 12.4 Å². The molecule has 0 bridgehead atoms. The van der Waals surface area contributed by atoms with Gasteiger partial charge in [-0.1, -0.05) is 156 Å². The summed E-state index contributed by atoms with van der Waals surface area (Å²) in [6.45, 7) is 7.07. The minimum absolute atomic E-state index is 0.299. The molecule has 0 spiro atoms. The van der Waals surface area contributed by atoms with Crippen LogP contribution in [-0.2, 0) is 5.16 Å². The number of ether oxygens (including phenoxy) is 1. The molecule has 1 aromatic heterocycles. The molecule has 6 aromatic rings. The van der Waals surface area contributed by atoms with Gasteiger partial charge < -0.3 is 9.30 Å². The molecule has 0 saturated heterocycles. The van der Waals surface area contributed by atoms with Crippen LogP contribution in [0.3, 0.4) is 0 Å². The van der Waals surface area contributed by atoms with Crippen molar-refractivity contribution in [3.05, 3.63) is 188 Å². The summed E-state index contributed by atoms with van der Waals surface area (Å²) in [5.41, 5.74) is 5.06. The predicted molar refractivity (Wildman–Crippen MR) is 187 cm³/mol. The fourth-order valence-corrected chi connectivity index (χ4v) is 7.06. The second-order valence-electron chi connectivity index (χ2n) is 10.4. The van der Waals surface area contributed by atoms with Gasteiger partial charge in [0.05, 0.1) is 18.1 Å². The highest BCUT2D eigenvalue weighted by Gasteiger charge is 2.37. The first-order valence-corrected chi connectivity index (χ1v) is 16.1. The lowest BCUT2D eigenvalue weighted by Crippen LogP contribution is -2.46. The number of imidazole rings is 1. The van der Waals surface area contributed by atoms with Crippen LogP contribution in [0.5, 0.6) is 5.75 Å². The van der Waals surface area contributed by atoms with Gasteiger partial charge in [-0.05, 0) is 29.7 Å². The van der Waals surface area contributed by atoms with Gasteiger partial charge in [0.1, 0.15) is 15.3 Å². The van der Waals surface area contributed by atoms with E-state index in [1.807, 2.05) is 36.7 Å². The van der Waals surface area contributed by atoms with Crippen molar-refractivity contribution < 1.29 is 4.74 Å². The summed E-state index contributed by atoms with van der Waals surface area (Å²) in [4.78, 5) is 4.38. The maximum atomic E-state index is 5.90. The van der Waals surface area contributed by atoms with Gasteiger partial charge >= 0.3 is 0 Å². The Morgan fingerprint density at radius 2 is 1.30 bits per heavy atom. The molecule has 0 amide bonds. The molecule has 1 heterocycles. The summed E-state index contributed by atoms with van der Waals surface area (Å²) >= 11 is 0. The minimum Gasteiger partial charge on any atom is -0.494 e. The van der Waals surface area contributed by atoms with Crippen LogP contribution in [-0.4, -0.2) is 32.4 Å². The normalized spacial score (nSPS) is 10.8. The molecule has 0 aliphatic rings. The SMILES string of the molecule is C=CB(c1ccccc1)c1ccccc1.CCCOc1cccc([Si]C(c2ccccc2)(c2ccccc2)n2ccnc2)c1. The molecule has 0 saturated carbocycles. The Bertz CT molecular complexity index is 1600. The van der Waals surface area contributed by atoms with E-state index in [-0.39, 0.29) is 5.16 Å². The molecular formula is C39H37BN2OSi. The third-order valence-electron chi connectivity index (χ3n) is 7.46. The fraction of sp³-hybridized carbons (Fsp3) is 0.103. The lowest BCUT2D eigenvalue weighted by atomic mass is 9.41. The largest absolute Gasteiger partial charge is 0.494 e. The van der Waals surface area contributed by atoms with Gasteiger partial charge in [0.2, 0.25) is 6.71 Å². The Morgan fingerprint density at radius 1 is 0.750 bits per heavy atom. The van der Waals surface area contributed by atoms with E-state index in [9.17, 15) is 0 Å². The third kappa shape index (κ3) is 7.36. The van der Waals surface area contributed by atoms with E-state index >= 15 is 0 Å². The van der Waals surface area contributed by atoms with Crippen molar-refractivity contribution in [1.82, 2.24) is 9.55 Å². The Kier molecular flexibility index (Phi) is 10.8. The summed E-state index contributed by atoms with van der Waals surface area (Å²) in [6.07, 6.45) is 6.83. The van der Waals surface area contributed by atoms with Crippen molar-refractivity contribution >= 4 is 32.3 Å². The maximum Gasteiger partial charge on any atom is 0.233 e. The molecule has 6 rings (SSSR count). The molecule has 5 aromatic carbocycles. The van der Waals surface area contributed by atoms with Gasteiger partial charge in [0.25, 0.3) is 0 Å². The zero-order chi connectivity index (χ0) is 30.5. The number of rotatable bonds is 11. The smallest absolute Gasteiger partial charge is 0.233 e. The van der Waals surface area contributed by atoms with E-state index in [1.165, 1.54) is 27.2 Å². The van der Waals surface area contributed by atoms with E-state index < -0.39 is 0 Å².